The maximum absolute atomic E-state index is 13.7. The van der Waals surface area contributed by atoms with E-state index >= 15 is 0 Å². The molecule has 3 heterocycles. The molecule has 0 bridgehead atoms. The molecule has 0 saturated carbocycles. The first-order valence-corrected chi connectivity index (χ1v) is 12.3. The quantitative estimate of drug-likeness (QED) is 0.549. The molecule has 7 nitrogen and oxygen atoms in total. The summed E-state index contributed by atoms with van der Waals surface area (Å²) in [6.07, 6.45) is 0.155. The Bertz CT molecular complexity index is 1100. The molecule has 1 amide bonds. The maximum atomic E-state index is 13.7. The SMILES string of the molecule is Cc1cc2nc(N(CCCN3CCOCC3)C(=O)C3COc4ccccc4O3)sc2cc1C. The molecule has 3 aromatic rings. The number of ether oxygens (including phenoxy) is 3. The highest BCUT2D eigenvalue weighted by Crippen LogP contribution is 2.34. The Morgan fingerprint density at radius 2 is 1.91 bits per heavy atom. The van der Waals surface area contributed by atoms with E-state index in [0.717, 1.165) is 49.5 Å². The zero-order chi connectivity index (χ0) is 22.8. The van der Waals surface area contributed by atoms with Crippen molar-refractivity contribution in [2.24, 2.45) is 0 Å². The van der Waals surface area contributed by atoms with E-state index in [2.05, 4.69) is 30.9 Å². The molecule has 2 aromatic carbocycles. The Hall–Kier alpha value is -2.68. The maximum Gasteiger partial charge on any atom is 0.273 e. The summed E-state index contributed by atoms with van der Waals surface area (Å²) in [6, 6.07) is 11.7. The van der Waals surface area contributed by atoms with Crippen molar-refractivity contribution in [3.63, 3.8) is 0 Å². The Kier molecular flexibility index (Phi) is 6.48. The lowest BCUT2D eigenvalue weighted by atomic mass is 10.1. The van der Waals surface area contributed by atoms with Crippen molar-refractivity contribution in [3.8, 4) is 11.5 Å². The van der Waals surface area contributed by atoms with Gasteiger partial charge in [-0.2, -0.15) is 0 Å². The fourth-order valence-corrected chi connectivity index (χ4v) is 5.25. The molecule has 2 aliphatic heterocycles. The van der Waals surface area contributed by atoms with E-state index < -0.39 is 6.10 Å². The van der Waals surface area contributed by atoms with Gasteiger partial charge in [0.25, 0.3) is 5.91 Å². The van der Waals surface area contributed by atoms with Crippen LogP contribution in [0.1, 0.15) is 17.5 Å². The molecule has 0 radical (unpaired) electrons. The van der Waals surface area contributed by atoms with Crippen LogP contribution >= 0.6 is 11.3 Å². The summed E-state index contributed by atoms with van der Waals surface area (Å²) in [5.74, 6) is 1.16. The smallest absolute Gasteiger partial charge is 0.273 e. The van der Waals surface area contributed by atoms with E-state index in [1.165, 1.54) is 11.1 Å². The van der Waals surface area contributed by atoms with E-state index in [4.69, 9.17) is 19.2 Å². The molecule has 1 atom stereocenters. The lowest BCUT2D eigenvalue weighted by molar-refractivity contribution is -0.127. The number of para-hydroxylation sites is 2. The number of rotatable bonds is 6. The number of benzene rings is 2. The minimum Gasteiger partial charge on any atom is -0.485 e. The fourth-order valence-electron chi connectivity index (χ4n) is 4.18. The summed E-state index contributed by atoms with van der Waals surface area (Å²) in [4.78, 5) is 22.7. The molecule has 1 fully saturated rings. The third-order valence-corrected chi connectivity index (χ3v) is 7.27. The van der Waals surface area contributed by atoms with Crippen LogP contribution in [0.25, 0.3) is 10.2 Å². The van der Waals surface area contributed by atoms with Gasteiger partial charge in [0.05, 0.1) is 23.4 Å². The van der Waals surface area contributed by atoms with Crippen LogP contribution in [0.2, 0.25) is 0 Å². The number of fused-ring (bicyclic) bond motifs is 2. The van der Waals surface area contributed by atoms with Gasteiger partial charge in [-0.3, -0.25) is 14.6 Å². The summed E-state index contributed by atoms with van der Waals surface area (Å²) in [5.41, 5.74) is 3.35. The van der Waals surface area contributed by atoms with E-state index in [1.807, 2.05) is 24.3 Å². The second kappa shape index (κ2) is 9.67. The normalized spacial score (nSPS) is 18.4. The Morgan fingerprint density at radius 1 is 1.15 bits per heavy atom. The largest absolute Gasteiger partial charge is 0.485 e. The minimum atomic E-state index is -0.696. The van der Waals surface area contributed by atoms with Crippen molar-refractivity contribution < 1.29 is 19.0 Å². The highest BCUT2D eigenvalue weighted by Gasteiger charge is 2.33. The average molecular weight is 468 g/mol. The van der Waals surface area contributed by atoms with Gasteiger partial charge in [-0.05, 0) is 55.7 Å². The summed E-state index contributed by atoms with van der Waals surface area (Å²) in [6.45, 7) is 9.29. The first-order chi connectivity index (χ1) is 16.1. The molecule has 5 rings (SSSR count). The van der Waals surface area contributed by atoms with Crippen LogP contribution in [0.5, 0.6) is 11.5 Å². The number of amides is 1. The molecule has 8 heteroatoms. The second-order valence-electron chi connectivity index (χ2n) is 8.56. The third-order valence-electron chi connectivity index (χ3n) is 6.23. The number of aryl methyl sites for hydroxylation is 2. The fraction of sp³-hybridized carbons (Fsp3) is 0.440. The van der Waals surface area contributed by atoms with Gasteiger partial charge in [-0.15, -0.1) is 0 Å². The van der Waals surface area contributed by atoms with E-state index in [0.29, 0.717) is 23.2 Å². The predicted octanol–water partition coefficient (Wildman–Crippen LogP) is 3.81. The van der Waals surface area contributed by atoms with Crippen LogP contribution in [0.3, 0.4) is 0 Å². The molecule has 33 heavy (non-hydrogen) atoms. The van der Waals surface area contributed by atoms with Gasteiger partial charge in [-0.25, -0.2) is 4.98 Å². The number of carbonyl (C=O) groups is 1. The van der Waals surface area contributed by atoms with Crippen molar-refractivity contribution in [1.82, 2.24) is 9.88 Å². The zero-order valence-electron chi connectivity index (χ0n) is 19.1. The van der Waals surface area contributed by atoms with E-state index in [1.54, 1.807) is 16.2 Å². The van der Waals surface area contributed by atoms with Crippen LogP contribution in [0.4, 0.5) is 5.13 Å². The van der Waals surface area contributed by atoms with Crippen LogP contribution in [-0.2, 0) is 9.53 Å². The Morgan fingerprint density at radius 3 is 2.73 bits per heavy atom. The molecule has 0 spiro atoms. The number of nitrogens with zero attached hydrogens (tertiary/aromatic N) is 3. The first-order valence-electron chi connectivity index (χ1n) is 11.5. The number of thiazole rings is 1. The minimum absolute atomic E-state index is 0.112. The topological polar surface area (TPSA) is 64.1 Å². The van der Waals surface area contributed by atoms with Crippen molar-refractivity contribution in [3.05, 3.63) is 47.5 Å². The number of hydrogen-bond acceptors (Lipinski definition) is 7. The standard InChI is InChI=1S/C25H29N3O4S/c1-17-14-19-23(15-18(17)2)33-25(26-19)28(9-5-8-27-10-12-30-13-11-27)24(29)22-16-31-20-6-3-4-7-21(20)32-22/h3-4,6-7,14-15,22H,5,8-13,16H2,1-2H3. The second-order valence-corrected chi connectivity index (χ2v) is 9.57. The molecule has 0 N–H and O–H groups in total. The summed E-state index contributed by atoms with van der Waals surface area (Å²) >= 11 is 1.56. The van der Waals surface area contributed by atoms with Crippen LogP contribution in [0.15, 0.2) is 36.4 Å². The summed E-state index contributed by atoms with van der Waals surface area (Å²) in [5, 5.41) is 0.712. The number of morpholine rings is 1. The molecule has 1 unspecified atom stereocenters. The highest BCUT2D eigenvalue weighted by atomic mass is 32.1. The van der Waals surface area contributed by atoms with Crippen LogP contribution in [0, 0.1) is 13.8 Å². The number of aromatic nitrogens is 1. The lowest BCUT2D eigenvalue weighted by Crippen LogP contribution is -2.47. The van der Waals surface area contributed by atoms with Gasteiger partial charge < -0.3 is 14.2 Å². The van der Waals surface area contributed by atoms with Crippen LogP contribution < -0.4 is 14.4 Å². The van der Waals surface area contributed by atoms with Gasteiger partial charge in [0.1, 0.15) is 6.61 Å². The van der Waals surface area contributed by atoms with Crippen molar-refractivity contribution >= 4 is 32.6 Å². The molecule has 1 saturated heterocycles. The van der Waals surface area contributed by atoms with Crippen molar-refractivity contribution in [2.75, 3.05) is 50.9 Å². The van der Waals surface area contributed by atoms with Crippen LogP contribution in [-0.4, -0.2) is 67.9 Å². The monoisotopic (exact) mass is 467 g/mol. The average Bonchev–Trinajstić information content (AvgIpc) is 3.24. The van der Waals surface area contributed by atoms with Gasteiger partial charge >= 0.3 is 0 Å². The molecular weight excluding hydrogens is 438 g/mol. The van der Waals surface area contributed by atoms with Crippen molar-refractivity contribution in [2.45, 2.75) is 26.4 Å². The van der Waals surface area contributed by atoms with E-state index in [-0.39, 0.29) is 12.5 Å². The van der Waals surface area contributed by atoms with Crippen molar-refractivity contribution in [1.29, 1.82) is 0 Å². The van der Waals surface area contributed by atoms with Gasteiger partial charge in [0, 0.05) is 26.2 Å². The molecule has 0 aliphatic carbocycles. The van der Waals surface area contributed by atoms with E-state index in [9.17, 15) is 4.79 Å². The Labute approximate surface area is 197 Å². The summed E-state index contributed by atoms with van der Waals surface area (Å²) in [7, 11) is 0. The number of hydrogen-bond donors (Lipinski definition) is 0. The molecule has 1 aromatic heterocycles. The first kappa shape index (κ1) is 22.1. The van der Waals surface area contributed by atoms with Gasteiger partial charge in [-0.1, -0.05) is 23.5 Å². The zero-order valence-corrected chi connectivity index (χ0v) is 19.9. The van der Waals surface area contributed by atoms with Gasteiger partial charge in [0.15, 0.2) is 16.6 Å². The molecule has 2 aliphatic rings. The highest BCUT2D eigenvalue weighted by molar-refractivity contribution is 7.22. The lowest BCUT2D eigenvalue weighted by Gasteiger charge is -2.31. The Balaban J connectivity index is 1.38. The molecule has 174 valence electrons. The third kappa shape index (κ3) is 4.83. The number of carbonyl (C=O) groups excluding carboxylic acids is 1. The predicted molar refractivity (Wildman–Crippen MR) is 130 cm³/mol. The van der Waals surface area contributed by atoms with Gasteiger partial charge in [0.2, 0.25) is 6.10 Å². The molecular formula is C25H29N3O4S. The number of anilines is 1. The summed E-state index contributed by atoms with van der Waals surface area (Å²) < 4.78 is 18.4.